The fraction of sp³-hybridized carbons (Fsp3) is 0.462. The Bertz CT molecular complexity index is 357. The van der Waals surface area contributed by atoms with E-state index in [1.165, 1.54) is 17.7 Å². The summed E-state index contributed by atoms with van der Waals surface area (Å²) >= 11 is 0. The van der Waals surface area contributed by atoms with Crippen LogP contribution >= 0.6 is 0 Å². The zero-order valence-electron chi connectivity index (χ0n) is 9.29. The number of nitrogens with zero attached hydrogens (tertiary/aromatic N) is 1. The maximum absolute atomic E-state index is 8.04. The van der Waals surface area contributed by atoms with E-state index in [4.69, 9.17) is 5.41 Å². The van der Waals surface area contributed by atoms with Gasteiger partial charge in [0.1, 0.15) is 5.84 Å². The van der Waals surface area contributed by atoms with Gasteiger partial charge >= 0.3 is 0 Å². The van der Waals surface area contributed by atoms with Gasteiger partial charge in [-0.2, -0.15) is 0 Å². The van der Waals surface area contributed by atoms with E-state index in [1.54, 1.807) is 0 Å². The van der Waals surface area contributed by atoms with E-state index in [2.05, 4.69) is 36.1 Å². The number of fused-ring (bicyclic) bond motifs is 1. The molecule has 0 radical (unpaired) electrons. The molecule has 1 aliphatic rings. The molecule has 1 aromatic carbocycles. The first-order chi connectivity index (χ1) is 7.33. The van der Waals surface area contributed by atoms with E-state index in [-0.39, 0.29) is 0 Å². The van der Waals surface area contributed by atoms with Gasteiger partial charge < -0.3 is 4.90 Å². The quantitative estimate of drug-likeness (QED) is 0.578. The SMILES string of the molecule is CCCC(=N)N1CCCc2ccccc21. The molecule has 0 bridgehead atoms. The minimum atomic E-state index is 0.768. The topological polar surface area (TPSA) is 27.1 Å². The lowest BCUT2D eigenvalue weighted by molar-refractivity contribution is 0.764. The number of hydrogen-bond acceptors (Lipinski definition) is 1. The first-order valence-electron chi connectivity index (χ1n) is 5.76. The van der Waals surface area contributed by atoms with Gasteiger partial charge in [-0.25, -0.2) is 0 Å². The molecule has 2 rings (SSSR count). The number of amidine groups is 1. The molecule has 0 aliphatic carbocycles. The molecule has 0 fully saturated rings. The fourth-order valence-corrected chi connectivity index (χ4v) is 2.19. The molecule has 15 heavy (non-hydrogen) atoms. The van der Waals surface area contributed by atoms with Crippen LogP contribution in [-0.4, -0.2) is 12.4 Å². The van der Waals surface area contributed by atoms with Crippen LogP contribution in [0.4, 0.5) is 5.69 Å². The highest BCUT2D eigenvalue weighted by Gasteiger charge is 2.18. The minimum Gasteiger partial charge on any atom is -0.330 e. The predicted molar refractivity (Wildman–Crippen MR) is 64.7 cm³/mol. The summed E-state index contributed by atoms with van der Waals surface area (Å²) in [7, 11) is 0. The summed E-state index contributed by atoms with van der Waals surface area (Å²) in [4.78, 5) is 2.17. The molecule has 0 unspecified atom stereocenters. The first-order valence-corrected chi connectivity index (χ1v) is 5.76. The van der Waals surface area contributed by atoms with Crippen molar-refractivity contribution in [2.24, 2.45) is 0 Å². The molecule has 2 nitrogen and oxygen atoms in total. The van der Waals surface area contributed by atoms with Gasteiger partial charge in [0.15, 0.2) is 0 Å². The molecule has 1 N–H and O–H groups in total. The van der Waals surface area contributed by atoms with Gasteiger partial charge in [-0.3, -0.25) is 5.41 Å². The van der Waals surface area contributed by atoms with Crippen LogP contribution in [0.25, 0.3) is 0 Å². The summed E-state index contributed by atoms with van der Waals surface area (Å²) in [6.07, 6.45) is 4.26. The molecule has 80 valence electrons. The van der Waals surface area contributed by atoms with Gasteiger partial charge in [0, 0.05) is 18.7 Å². The number of hydrogen-bond donors (Lipinski definition) is 1. The van der Waals surface area contributed by atoms with Gasteiger partial charge in [-0.15, -0.1) is 0 Å². The molecule has 0 atom stereocenters. The molecule has 0 saturated heterocycles. The average molecular weight is 202 g/mol. The lowest BCUT2D eigenvalue weighted by atomic mass is 10.0. The number of aryl methyl sites for hydroxylation is 1. The Morgan fingerprint density at radius 3 is 3.00 bits per heavy atom. The number of nitrogens with one attached hydrogen (secondary N) is 1. The van der Waals surface area contributed by atoms with E-state index in [9.17, 15) is 0 Å². The van der Waals surface area contributed by atoms with Crippen LogP contribution < -0.4 is 4.90 Å². The molecule has 0 amide bonds. The summed E-state index contributed by atoms with van der Waals surface area (Å²) in [5, 5.41) is 8.04. The molecule has 0 aromatic heterocycles. The van der Waals surface area contributed by atoms with Crippen molar-refractivity contribution in [3.63, 3.8) is 0 Å². The molecule has 0 spiro atoms. The normalized spacial score (nSPS) is 14.9. The van der Waals surface area contributed by atoms with Crippen molar-refractivity contribution >= 4 is 11.5 Å². The molecular weight excluding hydrogens is 184 g/mol. The van der Waals surface area contributed by atoms with Crippen LogP contribution in [0.5, 0.6) is 0 Å². The molecule has 2 heteroatoms. The molecule has 0 saturated carbocycles. The lowest BCUT2D eigenvalue weighted by Gasteiger charge is -2.31. The summed E-state index contributed by atoms with van der Waals surface area (Å²) in [6.45, 7) is 3.14. The number of anilines is 1. The van der Waals surface area contributed by atoms with Crippen molar-refractivity contribution in [3.05, 3.63) is 29.8 Å². The highest BCUT2D eigenvalue weighted by Crippen LogP contribution is 2.27. The number of rotatable bonds is 2. The maximum atomic E-state index is 8.04. The second-order valence-corrected chi connectivity index (χ2v) is 4.08. The standard InChI is InChI=1S/C13H18N2/c1-2-6-13(14)15-10-5-8-11-7-3-4-9-12(11)15/h3-4,7,9,14H,2,5-6,8,10H2,1H3. The van der Waals surface area contributed by atoms with E-state index >= 15 is 0 Å². The van der Waals surface area contributed by atoms with Gasteiger partial charge in [-0.05, 0) is 30.9 Å². The Labute approximate surface area is 91.4 Å². The Morgan fingerprint density at radius 1 is 1.40 bits per heavy atom. The maximum Gasteiger partial charge on any atom is 0.100 e. The Balaban J connectivity index is 2.25. The highest BCUT2D eigenvalue weighted by atomic mass is 15.2. The van der Waals surface area contributed by atoms with E-state index < -0.39 is 0 Å². The zero-order valence-corrected chi connectivity index (χ0v) is 9.29. The van der Waals surface area contributed by atoms with Gasteiger partial charge in [0.25, 0.3) is 0 Å². The summed E-state index contributed by atoms with van der Waals surface area (Å²) < 4.78 is 0. The largest absolute Gasteiger partial charge is 0.330 e. The Morgan fingerprint density at radius 2 is 2.20 bits per heavy atom. The van der Waals surface area contributed by atoms with Gasteiger partial charge in [0.05, 0.1) is 0 Å². The molecular formula is C13H18N2. The predicted octanol–water partition coefficient (Wildman–Crippen LogP) is 3.22. The summed E-state index contributed by atoms with van der Waals surface area (Å²) in [5.41, 5.74) is 2.65. The van der Waals surface area contributed by atoms with E-state index in [0.717, 1.165) is 31.6 Å². The van der Waals surface area contributed by atoms with Crippen molar-refractivity contribution in [1.29, 1.82) is 5.41 Å². The van der Waals surface area contributed by atoms with Crippen molar-refractivity contribution in [2.45, 2.75) is 32.6 Å². The van der Waals surface area contributed by atoms with Crippen molar-refractivity contribution in [3.8, 4) is 0 Å². The smallest absolute Gasteiger partial charge is 0.100 e. The number of benzene rings is 1. The second-order valence-electron chi connectivity index (χ2n) is 4.08. The minimum absolute atomic E-state index is 0.768. The third-order valence-corrected chi connectivity index (χ3v) is 2.92. The third kappa shape index (κ3) is 2.04. The van der Waals surface area contributed by atoms with Crippen LogP contribution in [-0.2, 0) is 6.42 Å². The average Bonchev–Trinajstić information content (AvgIpc) is 2.28. The first kappa shape index (κ1) is 10.2. The van der Waals surface area contributed by atoms with Crippen LogP contribution in [0.1, 0.15) is 31.7 Å². The monoisotopic (exact) mass is 202 g/mol. The van der Waals surface area contributed by atoms with Crippen LogP contribution in [0.15, 0.2) is 24.3 Å². The van der Waals surface area contributed by atoms with Gasteiger partial charge in [-0.1, -0.05) is 25.1 Å². The van der Waals surface area contributed by atoms with Crippen LogP contribution in [0.2, 0.25) is 0 Å². The molecule has 1 aliphatic heterocycles. The summed E-state index contributed by atoms with van der Waals surface area (Å²) in [5.74, 6) is 0.768. The zero-order chi connectivity index (χ0) is 10.7. The third-order valence-electron chi connectivity index (χ3n) is 2.92. The summed E-state index contributed by atoms with van der Waals surface area (Å²) in [6, 6.07) is 8.47. The van der Waals surface area contributed by atoms with Crippen molar-refractivity contribution in [2.75, 3.05) is 11.4 Å². The second kappa shape index (κ2) is 4.47. The van der Waals surface area contributed by atoms with Crippen molar-refractivity contribution < 1.29 is 0 Å². The molecule has 1 aromatic rings. The van der Waals surface area contributed by atoms with Gasteiger partial charge in [0.2, 0.25) is 0 Å². The Hall–Kier alpha value is -1.31. The van der Waals surface area contributed by atoms with E-state index in [1.807, 2.05) is 0 Å². The van der Waals surface area contributed by atoms with Crippen LogP contribution in [0, 0.1) is 5.41 Å². The van der Waals surface area contributed by atoms with Crippen LogP contribution in [0.3, 0.4) is 0 Å². The lowest BCUT2D eigenvalue weighted by Crippen LogP contribution is -2.34. The van der Waals surface area contributed by atoms with E-state index in [0.29, 0.717) is 0 Å². The fourth-order valence-electron chi connectivity index (χ4n) is 2.19. The highest BCUT2D eigenvalue weighted by molar-refractivity contribution is 5.96. The van der Waals surface area contributed by atoms with Crippen molar-refractivity contribution in [1.82, 2.24) is 0 Å². The Kier molecular flexibility index (Phi) is 3.05. The molecule has 1 heterocycles. The number of para-hydroxylation sites is 1.